The summed E-state index contributed by atoms with van der Waals surface area (Å²) in [4.78, 5) is 0. The summed E-state index contributed by atoms with van der Waals surface area (Å²) in [5.74, 6) is 0.453. The molecule has 1 saturated heterocycles. The van der Waals surface area contributed by atoms with E-state index in [0.717, 1.165) is 25.8 Å². The Morgan fingerprint density at radius 3 is 3.00 bits per heavy atom. The third-order valence-electron chi connectivity index (χ3n) is 3.37. The van der Waals surface area contributed by atoms with Crippen LogP contribution in [0.25, 0.3) is 0 Å². The number of aryl methyl sites for hydroxylation is 1. The second-order valence-electron chi connectivity index (χ2n) is 5.13. The number of nitrogens with zero attached hydrogens (tertiary/aromatic N) is 3. The second-order valence-corrected chi connectivity index (χ2v) is 6.88. The Morgan fingerprint density at radius 1 is 1.47 bits per heavy atom. The Hall–Kier alpha value is -0.920. The van der Waals surface area contributed by atoms with Crippen LogP contribution < -0.4 is 4.72 Å². The van der Waals surface area contributed by atoms with E-state index < -0.39 is 10.2 Å². The minimum atomic E-state index is -3.30. The maximum Gasteiger partial charge on any atom is 0.279 e. The lowest BCUT2D eigenvalue weighted by Crippen LogP contribution is -2.45. The fraction of sp³-hybridized carbons (Fsp3) is 0.750. The van der Waals surface area contributed by atoms with Gasteiger partial charge in [-0.3, -0.25) is 4.68 Å². The molecule has 0 aromatic carbocycles. The predicted molar refractivity (Wildman–Crippen MR) is 73.7 cm³/mol. The van der Waals surface area contributed by atoms with Gasteiger partial charge in [-0.2, -0.15) is 17.8 Å². The molecule has 1 aliphatic rings. The van der Waals surface area contributed by atoms with Gasteiger partial charge >= 0.3 is 0 Å². The van der Waals surface area contributed by atoms with Crippen LogP contribution in [-0.4, -0.2) is 42.1 Å². The molecular formula is C12H22N4O2S. The molecule has 2 rings (SSSR count). The molecule has 1 aromatic heterocycles. The van der Waals surface area contributed by atoms with Gasteiger partial charge in [0.05, 0.1) is 0 Å². The van der Waals surface area contributed by atoms with Crippen LogP contribution in [-0.2, 0) is 16.8 Å². The Bertz CT molecular complexity index is 472. The van der Waals surface area contributed by atoms with E-state index in [2.05, 4.69) is 16.7 Å². The molecule has 108 valence electrons. The monoisotopic (exact) mass is 286 g/mol. The van der Waals surface area contributed by atoms with Gasteiger partial charge in [-0.25, -0.2) is 4.72 Å². The van der Waals surface area contributed by atoms with Crippen LogP contribution >= 0.6 is 0 Å². The molecule has 0 amide bonds. The average Bonchev–Trinajstić information content (AvgIpc) is 2.88. The standard InChI is InChI=1S/C12H22N4O2S/c1-12-5-2-10-16(11-12)19(17,18)14-7-4-9-15-8-3-6-13-15/h3,6,8,12,14H,2,4-5,7,9-11H2,1H3/t12-/m1/s1. The van der Waals surface area contributed by atoms with E-state index >= 15 is 0 Å². The van der Waals surface area contributed by atoms with E-state index in [1.54, 1.807) is 15.2 Å². The summed E-state index contributed by atoms with van der Waals surface area (Å²) in [7, 11) is -3.30. The smallest absolute Gasteiger partial charge is 0.273 e. The Balaban J connectivity index is 1.74. The number of hydrogen-bond acceptors (Lipinski definition) is 3. The van der Waals surface area contributed by atoms with E-state index in [-0.39, 0.29) is 0 Å². The lowest BCUT2D eigenvalue weighted by molar-refractivity contribution is 0.278. The lowest BCUT2D eigenvalue weighted by atomic mass is 10.0. The fourth-order valence-electron chi connectivity index (χ4n) is 2.33. The summed E-state index contributed by atoms with van der Waals surface area (Å²) in [6.07, 6.45) is 6.41. The van der Waals surface area contributed by atoms with Crippen LogP contribution in [0.3, 0.4) is 0 Å². The Morgan fingerprint density at radius 2 is 2.32 bits per heavy atom. The van der Waals surface area contributed by atoms with Crippen molar-refractivity contribution in [2.75, 3.05) is 19.6 Å². The topological polar surface area (TPSA) is 67.2 Å². The van der Waals surface area contributed by atoms with E-state index in [4.69, 9.17) is 0 Å². The van der Waals surface area contributed by atoms with Crippen LogP contribution in [0.1, 0.15) is 26.2 Å². The zero-order valence-electron chi connectivity index (χ0n) is 11.3. The molecule has 1 aliphatic heterocycles. The van der Waals surface area contributed by atoms with E-state index in [9.17, 15) is 8.42 Å². The van der Waals surface area contributed by atoms with Gasteiger partial charge in [0.1, 0.15) is 0 Å². The molecular weight excluding hydrogens is 264 g/mol. The summed E-state index contributed by atoms with van der Waals surface area (Å²) in [5, 5.41) is 4.08. The van der Waals surface area contributed by atoms with Gasteiger partial charge in [-0.1, -0.05) is 6.92 Å². The second kappa shape index (κ2) is 6.49. The van der Waals surface area contributed by atoms with E-state index in [0.29, 0.717) is 25.6 Å². The van der Waals surface area contributed by atoms with Crippen molar-refractivity contribution in [3.05, 3.63) is 18.5 Å². The van der Waals surface area contributed by atoms with Gasteiger partial charge in [-0.05, 0) is 31.2 Å². The van der Waals surface area contributed by atoms with Gasteiger partial charge in [0, 0.05) is 38.6 Å². The summed E-state index contributed by atoms with van der Waals surface area (Å²) in [6, 6.07) is 1.86. The molecule has 1 atom stereocenters. The van der Waals surface area contributed by atoms with Gasteiger partial charge < -0.3 is 0 Å². The number of rotatable bonds is 6. The summed E-state index contributed by atoms with van der Waals surface area (Å²) in [6.45, 7) is 4.55. The van der Waals surface area contributed by atoms with Crippen molar-refractivity contribution in [1.82, 2.24) is 18.8 Å². The summed E-state index contributed by atoms with van der Waals surface area (Å²) < 4.78 is 30.2. The first-order valence-electron chi connectivity index (χ1n) is 6.80. The Labute approximate surface area is 115 Å². The molecule has 2 heterocycles. The fourth-order valence-corrected chi connectivity index (χ4v) is 3.74. The van der Waals surface area contributed by atoms with Crippen LogP contribution in [0.5, 0.6) is 0 Å². The highest BCUT2D eigenvalue weighted by Crippen LogP contribution is 2.17. The molecule has 0 spiro atoms. The van der Waals surface area contributed by atoms with Gasteiger partial charge in [0.15, 0.2) is 0 Å². The van der Waals surface area contributed by atoms with Crippen molar-refractivity contribution in [2.45, 2.75) is 32.7 Å². The maximum absolute atomic E-state index is 12.1. The van der Waals surface area contributed by atoms with Crippen LogP contribution in [0.4, 0.5) is 0 Å². The Kier molecular flexibility index (Phi) is 4.95. The number of nitrogens with one attached hydrogen (secondary N) is 1. The molecule has 0 saturated carbocycles. The van der Waals surface area contributed by atoms with Crippen molar-refractivity contribution >= 4 is 10.2 Å². The quantitative estimate of drug-likeness (QED) is 0.788. The SMILES string of the molecule is C[C@@H]1CCCN(S(=O)(=O)NCCCn2cccn2)C1. The van der Waals surface area contributed by atoms with Crippen LogP contribution in [0.15, 0.2) is 18.5 Å². The zero-order valence-corrected chi connectivity index (χ0v) is 12.1. The molecule has 19 heavy (non-hydrogen) atoms. The first-order valence-corrected chi connectivity index (χ1v) is 8.24. The van der Waals surface area contributed by atoms with Gasteiger partial charge in [0.25, 0.3) is 10.2 Å². The van der Waals surface area contributed by atoms with Crippen LogP contribution in [0, 0.1) is 5.92 Å². The lowest BCUT2D eigenvalue weighted by Gasteiger charge is -2.29. The predicted octanol–water partition coefficient (Wildman–Crippen LogP) is 0.839. The third kappa shape index (κ3) is 4.29. The van der Waals surface area contributed by atoms with Crippen molar-refractivity contribution < 1.29 is 8.42 Å². The molecule has 7 heteroatoms. The van der Waals surface area contributed by atoms with Gasteiger partial charge in [-0.15, -0.1) is 0 Å². The van der Waals surface area contributed by atoms with Crippen molar-refractivity contribution in [3.63, 3.8) is 0 Å². The largest absolute Gasteiger partial charge is 0.279 e. The maximum atomic E-state index is 12.1. The molecule has 0 radical (unpaired) electrons. The molecule has 0 aliphatic carbocycles. The molecule has 1 aromatic rings. The van der Waals surface area contributed by atoms with Crippen molar-refractivity contribution in [2.24, 2.45) is 5.92 Å². The zero-order chi connectivity index (χ0) is 13.7. The minimum absolute atomic E-state index is 0.451. The van der Waals surface area contributed by atoms with Crippen LogP contribution in [0.2, 0.25) is 0 Å². The highest BCUT2D eigenvalue weighted by molar-refractivity contribution is 7.87. The summed E-state index contributed by atoms with van der Waals surface area (Å²) in [5.41, 5.74) is 0. The highest BCUT2D eigenvalue weighted by atomic mass is 32.2. The van der Waals surface area contributed by atoms with E-state index in [1.165, 1.54) is 0 Å². The third-order valence-corrected chi connectivity index (χ3v) is 4.95. The van der Waals surface area contributed by atoms with Gasteiger partial charge in [0.2, 0.25) is 0 Å². The normalized spacial score (nSPS) is 21.6. The number of piperidine rings is 1. The van der Waals surface area contributed by atoms with E-state index in [1.807, 2.05) is 12.3 Å². The first-order chi connectivity index (χ1) is 9.08. The molecule has 0 unspecified atom stereocenters. The minimum Gasteiger partial charge on any atom is -0.273 e. The molecule has 6 nitrogen and oxygen atoms in total. The number of hydrogen-bond donors (Lipinski definition) is 1. The first kappa shape index (κ1) is 14.5. The highest BCUT2D eigenvalue weighted by Gasteiger charge is 2.26. The molecule has 0 bridgehead atoms. The number of aromatic nitrogens is 2. The van der Waals surface area contributed by atoms with Crippen molar-refractivity contribution in [3.8, 4) is 0 Å². The molecule has 1 fully saturated rings. The summed E-state index contributed by atoms with van der Waals surface area (Å²) >= 11 is 0. The van der Waals surface area contributed by atoms with Crippen molar-refractivity contribution in [1.29, 1.82) is 0 Å². The molecule has 1 N–H and O–H groups in total. The average molecular weight is 286 g/mol.